The van der Waals surface area contributed by atoms with Crippen molar-refractivity contribution in [1.82, 2.24) is 0 Å². The Bertz CT molecular complexity index is 253. The van der Waals surface area contributed by atoms with Crippen molar-refractivity contribution in [2.75, 3.05) is 12.5 Å². The fourth-order valence-corrected chi connectivity index (χ4v) is 1.05. The van der Waals surface area contributed by atoms with Gasteiger partial charge in [0.1, 0.15) is 5.75 Å². The van der Waals surface area contributed by atoms with Crippen molar-refractivity contribution in [2.45, 2.75) is 6.42 Å². The molecule has 0 aromatic heterocycles. The van der Waals surface area contributed by atoms with Crippen LogP contribution in [-0.4, -0.2) is 12.5 Å². The predicted molar refractivity (Wildman–Crippen MR) is 57.4 cm³/mol. The van der Waals surface area contributed by atoms with E-state index in [1.807, 2.05) is 30.3 Å². The number of ether oxygens (including phenoxy) is 1. The summed E-state index contributed by atoms with van der Waals surface area (Å²) in [6.45, 7) is 4.36. The molecule has 1 nitrogen and oxygen atoms in total. The van der Waals surface area contributed by atoms with E-state index in [1.165, 1.54) is 0 Å². The summed E-state index contributed by atoms with van der Waals surface area (Å²) in [5, 5.41) is 0. The molecular weight excluding hydrogens is 184 g/mol. The quantitative estimate of drug-likeness (QED) is 0.519. The first-order valence-electron chi connectivity index (χ1n) is 4.28. The molecule has 0 heterocycles. The molecule has 2 heteroatoms. The molecule has 1 aromatic carbocycles. The van der Waals surface area contributed by atoms with Gasteiger partial charge < -0.3 is 4.74 Å². The second-order valence-corrected chi connectivity index (χ2v) is 3.04. The molecule has 0 saturated carbocycles. The normalized spacial score (nSPS) is 9.62. The summed E-state index contributed by atoms with van der Waals surface area (Å²) < 4.78 is 5.43. The van der Waals surface area contributed by atoms with Gasteiger partial charge in [0.2, 0.25) is 0 Å². The molecule has 0 saturated heterocycles. The van der Waals surface area contributed by atoms with Crippen LogP contribution in [0.25, 0.3) is 6.08 Å². The molecule has 1 aromatic rings. The second kappa shape index (κ2) is 5.65. The van der Waals surface area contributed by atoms with Gasteiger partial charge in [-0.1, -0.05) is 24.8 Å². The number of alkyl halides is 1. The Morgan fingerprint density at radius 3 is 2.54 bits per heavy atom. The minimum Gasteiger partial charge on any atom is -0.494 e. The Hall–Kier alpha value is -0.950. The number of hydrogen-bond acceptors (Lipinski definition) is 1. The van der Waals surface area contributed by atoms with Crippen molar-refractivity contribution >= 4 is 17.7 Å². The van der Waals surface area contributed by atoms with E-state index in [2.05, 4.69) is 6.58 Å². The number of rotatable bonds is 5. The first-order valence-corrected chi connectivity index (χ1v) is 4.81. The molecule has 70 valence electrons. The first-order chi connectivity index (χ1) is 6.36. The predicted octanol–water partition coefficient (Wildman–Crippen LogP) is 3.34. The SMILES string of the molecule is C=Cc1ccc(OCCCCl)cc1. The van der Waals surface area contributed by atoms with E-state index in [4.69, 9.17) is 16.3 Å². The number of hydrogen-bond donors (Lipinski definition) is 0. The van der Waals surface area contributed by atoms with Crippen LogP contribution in [-0.2, 0) is 0 Å². The third-order valence-electron chi connectivity index (χ3n) is 1.66. The Kier molecular flexibility index (Phi) is 4.41. The topological polar surface area (TPSA) is 9.23 Å². The van der Waals surface area contributed by atoms with E-state index in [1.54, 1.807) is 0 Å². The summed E-state index contributed by atoms with van der Waals surface area (Å²) >= 11 is 5.52. The van der Waals surface area contributed by atoms with Crippen LogP contribution in [0.2, 0.25) is 0 Å². The van der Waals surface area contributed by atoms with Crippen molar-refractivity contribution in [3.05, 3.63) is 36.4 Å². The maximum Gasteiger partial charge on any atom is 0.119 e. The lowest BCUT2D eigenvalue weighted by Crippen LogP contribution is -1.97. The molecule has 0 radical (unpaired) electrons. The summed E-state index contributed by atoms with van der Waals surface area (Å²) in [5.41, 5.74) is 1.10. The molecule has 0 unspecified atom stereocenters. The third kappa shape index (κ3) is 3.51. The van der Waals surface area contributed by atoms with Gasteiger partial charge in [0.05, 0.1) is 6.61 Å². The van der Waals surface area contributed by atoms with Crippen molar-refractivity contribution in [2.24, 2.45) is 0 Å². The highest BCUT2D eigenvalue weighted by Gasteiger charge is 1.92. The van der Waals surface area contributed by atoms with Gasteiger partial charge in [-0.2, -0.15) is 0 Å². The molecule has 0 amide bonds. The molecule has 0 aliphatic heterocycles. The van der Waals surface area contributed by atoms with Gasteiger partial charge in [0.25, 0.3) is 0 Å². The number of halogens is 1. The minimum absolute atomic E-state index is 0.644. The lowest BCUT2D eigenvalue weighted by Gasteiger charge is -2.04. The van der Waals surface area contributed by atoms with Gasteiger partial charge in [-0.3, -0.25) is 0 Å². The van der Waals surface area contributed by atoms with Crippen molar-refractivity contribution in [3.8, 4) is 5.75 Å². The average Bonchev–Trinajstić information content (AvgIpc) is 2.19. The lowest BCUT2D eigenvalue weighted by atomic mass is 10.2. The smallest absolute Gasteiger partial charge is 0.119 e. The molecule has 0 fully saturated rings. The van der Waals surface area contributed by atoms with E-state index >= 15 is 0 Å². The monoisotopic (exact) mass is 196 g/mol. The molecule has 0 atom stereocenters. The molecule has 0 aliphatic rings. The maximum absolute atomic E-state index is 5.52. The van der Waals surface area contributed by atoms with Crippen LogP contribution in [0.15, 0.2) is 30.8 Å². The zero-order valence-corrected chi connectivity index (χ0v) is 8.26. The van der Waals surface area contributed by atoms with Crippen LogP contribution in [0.1, 0.15) is 12.0 Å². The number of benzene rings is 1. The third-order valence-corrected chi connectivity index (χ3v) is 1.93. The molecule has 13 heavy (non-hydrogen) atoms. The fraction of sp³-hybridized carbons (Fsp3) is 0.273. The second-order valence-electron chi connectivity index (χ2n) is 2.66. The summed E-state index contributed by atoms with van der Waals surface area (Å²) in [6.07, 6.45) is 2.69. The van der Waals surface area contributed by atoms with E-state index in [0.29, 0.717) is 12.5 Å². The van der Waals surface area contributed by atoms with Gasteiger partial charge >= 0.3 is 0 Å². The minimum atomic E-state index is 0.644. The summed E-state index contributed by atoms with van der Waals surface area (Å²) in [4.78, 5) is 0. The maximum atomic E-state index is 5.52. The molecule has 0 bridgehead atoms. The van der Waals surface area contributed by atoms with Gasteiger partial charge in [0.15, 0.2) is 0 Å². The van der Waals surface area contributed by atoms with Gasteiger partial charge in [-0.25, -0.2) is 0 Å². The van der Waals surface area contributed by atoms with Gasteiger partial charge in [0, 0.05) is 5.88 Å². The zero-order chi connectivity index (χ0) is 9.52. The Labute approximate surface area is 84.0 Å². The summed E-state index contributed by atoms with van der Waals surface area (Å²) in [6, 6.07) is 7.82. The highest BCUT2D eigenvalue weighted by molar-refractivity contribution is 6.17. The van der Waals surface area contributed by atoms with Gasteiger partial charge in [-0.15, -0.1) is 11.6 Å². The van der Waals surface area contributed by atoms with Crippen LogP contribution >= 0.6 is 11.6 Å². The molecule has 0 aliphatic carbocycles. The van der Waals surface area contributed by atoms with Crippen molar-refractivity contribution in [3.63, 3.8) is 0 Å². The van der Waals surface area contributed by atoms with Crippen LogP contribution in [0, 0.1) is 0 Å². The van der Waals surface area contributed by atoms with Crippen LogP contribution < -0.4 is 4.74 Å². The fourth-order valence-electron chi connectivity index (χ4n) is 0.945. The Morgan fingerprint density at radius 2 is 2.00 bits per heavy atom. The van der Waals surface area contributed by atoms with Gasteiger partial charge in [-0.05, 0) is 24.1 Å². The highest BCUT2D eigenvalue weighted by Crippen LogP contribution is 2.12. The van der Waals surface area contributed by atoms with Crippen molar-refractivity contribution in [1.29, 1.82) is 0 Å². The molecule has 0 N–H and O–H groups in total. The largest absolute Gasteiger partial charge is 0.494 e. The average molecular weight is 197 g/mol. The van der Waals surface area contributed by atoms with E-state index < -0.39 is 0 Å². The highest BCUT2D eigenvalue weighted by atomic mass is 35.5. The Balaban J connectivity index is 2.44. The standard InChI is InChI=1S/C11H13ClO/c1-2-10-4-6-11(7-5-10)13-9-3-8-12/h2,4-7H,1,3,8-9H2. The lowest BCUT2D eigenvalue weighted by molar-refractivity contribution is 0.318. The first kappa shape index (κ1) is 10.1. The van der Waals surface area contributed by atoms with Crippen LogP contribution in [0.3, 0.4) is 0 Å². The molecule has 1 rings (SSSR count). The summed E-state index contributed by atoms with van der Waals surface area (Å²) in [5.74, 6) is 1.53. The zero-order valence-electron chi connectivity index (χ0n) is 7.50. The Morgan fingerprint density at radius 1 is 1.31 bits per heavy atom. The van der Waals surface area contributed by atoms with E-state index in [9.17, 15) is 0 Å². The molecule has 0 spiro atoms. The van der Waals surface area contributed by atoms with Crippen molar-refractivity contribution < 1.29 is 4.74 Å². The molecular formula is C11H13ClO. The summed E-state index contributed by atoms with van der Waals surface area (Å²) in [7, 11) is 0. The van der Waals surface area contributed by atoms with Crippen LogP contribution in [0.5, 0.6) is 5.75 Å². The van der Waals surface area contributed by atoms with E-state index in [-0.39, 0.29) is 0 Å². The van der Waals surface area contributed by atoms with Crippen LogP contribution in [0.4, 0.5) is 0 Å². The van der Waals surface area contributed by atoms with E-state index in [0.717, 1.165) is 17.7 Å².